The number of rotatable bonds is 7. The van der Waals surface area contributed by atoms with Crippen molar-refractivity contribution >= 4 is 35.8 Å². The molecule has 8 nitrogen and oxygen atoms in total. The first-order valence-electron chi connectivity index (χ1n) is 10.7. The Kier molecular flexibility index (Phi) is 8.15. The number of hydrogen-bond donors (Lipinski definition) is 3. The van der Waals surface area contributed by atoms with Crippen LogP contribution in [0.4, 0.5) is 5.82 Å². The van der Waals surface area contributed by atoms with Gasteiger partial charge in [0.25, 0.3) is 0 Å². The minimum absolute atomic E-state index is 0. The van der Waals surface area contributed by atoms with Gasteiger partial charge in [-0.05, 0) is 51.2 Å². The molecule has 31 heavy (non-hydrogen) atoms. The number of halogens is 1. The number of hydrogen-bond acceptors (Lipinski definition) is 5. The zero-order valence-corrected chi connectivity index (χ0v) is 20.1. The molecule has 0 spiro atoms. The van der Waals surface area contributed by atoms with E-state index >= 15 is 0 Å². The average Bonchev–Trinajstić information content (AvgIpc) is 3.46. The maximum atomic E-state index is 9.54. The summed E-state index contributed by atoms with van der Waals surface area (Å²) in [5.74, 6) is 1.21. The lowest BCUT2D eigenvalue weighted by Gasteiger charge is -2.22. The number of nitrogens with two attached hydrogens (primary N) is 1. The normalized spacial score (nSPS) is 22.1. The van der Waals surface area contributed by atoms with Crippen molar-refractivity contribution in [1.82, 2.24) is 20.4 Å². The molecule has 166 valence electrons. The molecule has 0 saturated carbocycles. The van der Waals surface area contributed by atoms with E-state index in [0.29, 0.717) is 48.3 Å². The highest BCUT2D eigenvalue weighted by Crippen LogP contribution is 2.34. The molecule has 0 radical (unpaired) electrons. The summed E-state index contributed by atoms with van der Waals surface area (Å²) in [5, 5.41) is 21.0. The third kappa shape index (κ3) is 5.30. The molecule has 0 aliphatic carbocycles. The first kappa shape index (κ1) is 23.3. The monoisotopic (exact) mass is 535 g/mol. The molecule has 2 saturated heterocycles. The van der Waals surface area contributed by atoms with Crippen molar-refractivity contribution in [1.29, 1.82) is 5.26 Å². The van der Waals surface area contributed by atoms with Crippen LogP contribution < -0.4 is 16.4 Å². The molecular formula is C22H30IN7O. The largest absolute Gasteiger partial charge is 0.382 e. The Morgan fingerprint density at radius 3 is 2.81 bits per heavy atom. The second kappa shape index (κ2) is 10.8. The second-order valence-corrected chi connectivity index (χ2v) is 7.79. The number of anilines is 1. The fourth-order valence-corrected chi connectivity index (χ4v) is 4.26. The maximum Gasteiger partial charge on any atom is 0.191 e. The molecule has 2 aliphatic rings. The number of aryl methyl sites for hydroxylation is 1. The number of aliphatic imine (C=N–C) groups is 1. The van der Waals surface area contributed by atoms with Gasteiger partial charge in [-0.25, -0.2) is 4.68 Å². The minimum atomic E-state index is 0. The summed E-state index contributed by atoms with van der Waals surface area (Å²) in [7, 11) is 0. The molecule has 2 aromatic rings. The number of nitrogen functional groups attached to an aromatic ring is 1. The Labute approximate surface area is 200 Å². The van der Waals surface area contributed by atoms with E-state index in [1.807, 2.05) is 30.3 Å². The lowest BCUT2D eigenvalue weighted by atomic mass is 9.96. The molecule has 1 aromatic carbocycles. The summed E-state index contributed by atoms with van der Waals surface area (Å²) >= 11 is 0. The number of nitriles is 1. The summed E-state index contributed by atoms with van der Waals surface area (Å²) in [4.78, 5) is 4.71. The predicted molar refractivity (Wildman–Crippen MR) is 132 cm³/mol. The van der Waals surface area contributed by atoms with E-state index in [4.69, 9.17) is 15.5 Å². The van der Waals surface area contributed by atoms with Crippen molar-refractivity contribution in [2.45, 2.75) is 57.3 Å². The van der Waals surface area contributed by atoms with Crippen molar-refractivity contribution in [3.05, 3.63) is 41.6 Å². The fraction of sp³-hybridized carbons (Fsp3) is 0.500. The molecule has 4 rings (SSSR count). The van der Waals surface area contributed by atoms with Gasteiger partial charge in [0.05, 0.1) is 29.6 Å². The fourth-order valence-electron chi connectivity index (χ4n) is 4.26. The second-order valence-electron chi connectivity index (χ2n) is 7.79. The van der Waals surface area contributed by atoms with Gasteiger partial charge in [0.15, 0.2) is 5.96 Å². The highest BCUT2D eigenvalue weighted by molar-refractivity contribution is 14.0. The lowest BCUT2D eigenvalue weighted by molar-refractivity contribution is 0.0992. The summed E-state index contributed by atoms with van der Waals surface area (Å²) < 4.78 is 7.56. The molecular weight excluding hydrogens is 505 g/mol. The number of aromatic nitrogens is 2. The number of benzene rings is 1. The van der Waals surface area contributed by atoms with Gasteiger partial charge in [-0.3, -0.25) is 4.99 Å². The van der Waals surface area contributed by atoms with Crippen molar-refractivity contribution in [3.63, 3.8) is 0 Å². The van der Waals surface area contributed by atoms with Gasteiger partial charge in [-0.2, -0.15) is 10.4 Å². The van der Waals surface area contributed by atoms with E-state index in [0.717, 1.165) is 37.5 Å². The number of nitrogens with one attached hydrogen (secondary N) is 2. The van der Waals surface area contributed by atoms with E-state index in [1.165, 1.54) is 6.42 Å². The first-order chi connectivity index (χ1) is 14.7. The maximum absolute atomic E-state index is 9.54. The Morgan fingerprint density at radius 1 is 1.35 bits per heavy atom. The van der Waals surface area contributed by atoms with Gasteiger partial charge < -0.3 is 21.1 Å². The summed E-state index contributed by atoms with van der Waals surface area (Å²) in [6, 6.07) is 12.2. The van der Waals surface area contributed by atoms with E-state index in [9.17, 15) is 5.26 Å². The Hall–Kier alpha value is -2.32. The van der Waals surface area contributed by atoms with E-state index in [2.05, 4.69) is 28.7 Å². The van der Waals surface area contributed by atoms with Crippen LogP contribution in [0, 0.1) is 11.3 Å². The first-order valence-corrected chi connectivity index (χ1v) is 10.7. The zero-order chi connectivity index (χ0) is 20.9. The van der Waals surface area contributed by atoms with Gasteiger partial charge in [0.1, 0.15) is 17.5 Å². The topological polar surface area (TPSA) is 113 Å². The quantitative estimate of drug-likeness (QED) is 0.218. The molecule has 3 heterocycles. The van der Waals surface area contributed by atoms with Crippen LogP contribution in [0.15, 0.2) is 35.3 Å². The number of guanidine groups is 1. The standard InChI is InChI=1S/C22H29N7O.HI/c1-2-25-22(27-19-13-16-10-11-20(19)30-16)26-12-6-9-18-17(14-23)21(24)29(28-18)15-7-4-3-5-8-15;/h3-5,7-8,16,19-20H,2,6,9-13,24H2,1H3,(H2,25,26,27);1H. The number of nitrogens with zero attached hydrogens (tertiary/aromatic N) is 4. The molecule has 2 fully saturated rings. The van der Waals surface area contributed by atoms with Crippen molar-refractivity contribution in [3.8, 4) is 11.8 Å². The summed E-state index contributed by atoms with van der Waals surface area (Å²) in [6.07, 6.45) is 5.50. The predicted octanol–water partition coefficient (Wildman–Crippen LogP) is 2.75. The van der Waals surface area contributed by atoms with Gasteiger partial charge >= 0.3 is 0 Å². The van der Waals surface area contributed by atoms with Gasteiger partial charge in [-0.1, -0.05) is 18.2 Å². The van der Waals surface area contributed by atoms with Crippen LogP contribution in [0.3, 0.4) is 0 Å². The average molecular weight is 535 g/mol. The van der Waals surface area contributed by atoms with Gasteiger partial charge in [0.2, 0.25) is 0 Å². The van der Waals surface area contributed by atoms with Crippen LogP contribution in [0.5, 0.6) is 0 Å². The van der Waals surface area contributed by atoms with Crippen molar-refractivity contribution in [2.75, 3.05) is 18.8 Å². The van der Waals surface area contributed by atoms with Gasteiger partial charge in [0, 0.05) is 13.1 Å². The highest BCUT2D eigenvalue weighted by atomic mass is 127. The third-order valence-electron chi connectivity index (χ3n) is 5.72. The lowest BCUT2D eigenvalue weighted by Crippen LogP contribution is -2.47. The SMILES string of the molecule is CCNC(=NCCCc1nn(-c2ccccc2)c(N)c1C#N)NC1CC2CCC1O2.I. The molecule has 3 atom stereocenters. The van der Waals surface area contributed by atoms with Crippen LogP contribution in [-0.4, -0.2) is 47.1 Å². The highest BCUT2D eigenvalue weighted by Gasteiger charge is 2.41. The van der Waals surface area contributed by atoms with Crippen molar-refractivity contribution in [2.24, 2.45) is 4.99 Å². The number of para-hydroxylation sites is 1. The van der Waals surface area contributed by atoms with Crippen molar-refractivity contribution < 1.29 is 4.74 Å². The van der Waals surface area contributed by atoms with Crippen LogP contribution in [0.25, 0.3) is 5.69 Å². The molecule has 2 bridgehead atoms. The Bertz CT molecular complexity index is 937. The number of ether oxygens (including phenoxy) is 1. The van der Waals surface area contributed by atoms with Crippen LogP contribution >= 0.6 is 24.0 Å². The minimum Gasteiger partial charge on any atom is -0.382 e. The molecule has 1 aromatic heterocycles. The van der Waals surface area contributed by atoms with E-state index in [1.54, 1.807) is 4.68 Å². The smallest absolute Gasteiger partial charge is 0.191 e. The third-order valence-corrected chi connectivity index (χ3v) is 5.72. The summed E-state index contributed by atoms with van der Waals surface area (Å²) in [6.45, 7) is 3.51. The Balaban J connectivity index is 0.00000272. The molecule has 0 amide bonds. The Morgan fingerprint density at radius 2 is 2.16 bits per heavy atom. The number of fused-ring (bicyclic) bond motifs is 2. The van der Waals surface area contributed by atoms with Gasteiger partial charge in [-0.15, -0.1) is 24.0 Å². The molecule has 4 N–H and O–H groups in total. The van der Waals surface area contributed by atoms with Crippen LogP contribution in [0.1, 0.15) is 43.9 Å². The molecule has 2 aliphatic heterocycles. The van der Waals surface area contributed by atoms with E-state index in [-0.39, 0.29) is 24.0 Å². The van der Waals surface area contributed by atoms with E-state index < -0.39 is 0 Å². The molecule has 9 heteroatoms. The summed E-state index contributed by atoms with van der Waals surface area (Å²) in [5.41, 5.74) is 8.19. The van der Waals surface area contributed by atoms with Crippen LogP contribution in [-0.2, 0) is 11.2 Å². The van der Waals surface area contributed by atoms with Crippen LogP contribution in [0.2, 0.25) is 0 Å². The molecule has 3 unspecified atom stereocenters. The zero-order valence-electron chi connectivity index (χ0n) is 17.8.